The molecule has 9 heteroatoms. The molecule has 0 spiro atoms. The Kier molecular flexibility index (Phi) is 5.67. The zero-order chi connectivity index (χ0) is 23.6. The molecule has 0 bridgehead atoms. The summed E-state index contributed by atoms with van der Waals surface area (Å²) in [6, 6.07) is 20.0. The van der Waals surface area contributed by atoms with Crippen molar-refractivity contribution in [3.8, 4) is 33.3 Å². The molecule has 1 atom stereocenters. The minimum atomic E-state index is -0.0915. The van der Waals surface area contributed by atoms with Gasteiger partial charge in [0, 0.05) is 18.3 Å². The van der Waals surface area contributed by atoms with E-state index in [0.717, 1.165) is 49.7 Å². The first-order valence-corrected chi connectivity index (χ1v) is 12.3. The number of fused-ring (bicyclic) bond motifs is 1. The summed E-state index contributed by atoms with van der Waals surface area (Å²) >= 11 is 1.60. The summed E-state index contributed by atoms with van der Waals surface area (Å²) in [5.41, 5.74) is 5.06. The Balaban J connectivity index is 1.12. The van der Waals surface area contributed by atoms with Crippen molar-refractivity contribution >= 4 is 16.5 Å². The van der Waals surface area contributed by atoms with Crippen LogP contribution in [0.3, 0.4) is 0 Å². The summed E-state index contributed by atoms with van der Waals surface area (Å²) in [6.45, 7) is 3.75. The van der Waals surface area contributed by atoms with Gasteiger partial charge >= 0.3 is 0 Å². The highest BCUT2D eigenvalue weighted by Crippen LogP contribution is 2.33. The van der Waals surface area contributed by atoms with Crippen LogP contribution in [0.1, 0.15) is 11.3 Å². The molecular weight excluding hydrogens is 460 g/mol. The molecule has 5 aromatic rings. The molecule has 0 radical (unpaired) electrons. The van der Waals surface area contributed by atoms with E-state index in [4.69, 9.17) is 19.6 Å². The van der Waals surface area contributed by atoms with Crippen LogP contribution in [0.4, 0.5) is 5.13 Å². The summed E-state index contributed by atoms with van der Waals surface area (Å²) in [5, 5.41) is 16.4. The molecule has 0 saturated carbocycles. The van der Waals surface area contributed by atoms with E-state index in [1.54, 1.807) is 11.3 Å². The molecule has 1 aliphatic heterocycles. The van der Waals surface area contributed by atoms with Crippen molar-refractivity contribution < 1.29 is 9.47 Å². The van der Waals surface area contributed by atoms with E-state index >= 15 is 0 Å². The van der Waals surface area contributed by atoms with Crippen LogP contribution >= 0.6 is 11.3 Å². The van der Waals surface area contributed by atoms with Crippen molar-refractivity contribution in [3.05, 3.63) is 84.3 Å². The number of nitrogens with one attached hydrogen (secondary N) is 2. The van der Waals surface area contributed by atoms with Crippen LogP contribution in [0.15, 0.2) is 73.1 Å². The molecule has 1 aliphatic rings. The van der Waals surface area contributed by atoms with Gasteiger partial charge in [0.05, 0.1) is 29.0 Å². The van der Waals surface area contributed by atoms with Gasteiger partial charge in [0.25, 0.3) is 0 Å². The summed E-state index contributed by atoms with van der Waals surface area (Å²) in [6.07, 6.45) is 3.74. The number of benzene rings is 2. The second kappa shape index (κ2) is 9.27. The molecule has 35 heavy (non-hydrogen) atoms. The van der Waals surface area contributed by atoms with Gasteiger partial charge in [-0.2, -0.15) is 10.2 Å². The molecule has 1 unspecified atom stereocenters. The lowest BCUT2D eigenvalue weighted by molar-refractivity contribution is 0.0759. The van der Waals surface area contributed by atoms with Crippen LogP contribution < -0.4 is 14.8 Å². The normalized spacial score (nSPS) is 14.7. The van der Waals surface area contributed by atoms with Gasteiger partial charge in [-0.25, -0.2) is 4.98 Å². The van der Waals surface area contributed by atoms with Crippen LogP contribution in [-0.4, -0.2) is 37.7 Å². The van der Waals surface area contributed by atoms with Crippen molar-refractivity contribution in [2.75, 3.05) is 11.9 Å². The number of thiazole rings is 1. The zero-order valence-corrected chi connectivity index (χ0v) is 20.0. The van der Waals surface area contributed by atoms with E-state index < -0.39 is 0 Å². The minimum absolute atomic E-state index is 0.0915. The Labute approximate surface area is 206 Å². The summed E-state index contributed by atoms with van der Waals surface area (Å²) in [7, 11) is 0. The molecule has 2 aromatic carbocycles. The first-order chi connectivity index (χ1) is 17.2. The Morgan fingerprint density at radius 3 is 2.80 bits per heavy atom. The highest BCUT2D eigenvalue weighted by atomic mass is 32.1. The van der Waals surface area contributed by atoms with Crippen LogP contribution in [0.5, 0.6) is 11.5 Å². The highest BCUT2D eigenvalue weighted by Gasteiger charge is 2.22. The SMILES string of the molecule is Cc1nc(NCc2cn[nH]c2-c2ccccc2)sc1-c1ccn(CC2COc3ccccc3O2)n1. The third-order valence-corrected chi connectivity index (χ3v) is 6.98. The van der Waals surface area contributed by atoms with Crippen LogP contribution in [0, 0.1) is 6.92 Å². The quantitative estimate of drug-likeness (QED) is 0.332. The Morgan fingerprint density at radius 2 is 1.91 bits per heavy atom. The van der Waals surface area contributed by atoms with Crippen LogP contribution in [-0.2, 0) is 13.1 Å². The Morgan fingerprint density at radius 1 is 1.09 bits per heavy atom. The topological polar surface area (TPSA) is 89.9 Å². The van der Waals surface area contributed by atoms with Gasteiger partial charge in [-0.1, -0.05) is 53.8 Å². The van der Waals surface area contributed by atoms with E-state index in [0.29, 0.717) is 19.7 Å². The van der Waals surface area contributed by atoms with Gasteiger partial charge in [0.2, 0.25) is 0 Å². The van der Waals surface area contributed by atoms with Gasteiger partial charge < -0.3 is 14.8 Å². The number of H-pyrrole nitrogens is 1. The third-order valence-electron chi connectivity index (χ3n) is 5.84. The van der Waals surface area contributed by atoms with Gasteiger partial charge in [-0.05, 0) is 30.7 Å². The monoisotopic (exact) mass is 484 g/mol. The maximum atomic E-state index is 6.07. The molecule has 4 heterocycles. The van der Waals surface area contributed by atoms with E-state index in [1.807, 2.05) is 72.5 Å². The summed E-state index contributed by atoms with van der Waals surface area (Å²) < 4.78 is 13.8. The predicted molar refractivity (Wildman–Crippen MR) is 136 cm³/mol. The number of hydrogen-bond acceptors (Lipinski definition) is 7. The molecule has 3 aromatic heterocycles. The van der Waals surface area contributed by atoms with Crippen LogP contribution in [0.2, 0.25) is 0 Å². The number of ether oxygens (including phenoxy) is 2. The fourth-order valence-corrected chi connectivity index (χ4v) is 5.05. The van der Waals surface area contributed by atoms with Crippen molar-refractivity contribution in [2.45, 2.75) is 26.1 Å². The van der Waals surface area contributed by atoms with E-state index in [-0.39, 0.29) is 6.10 Å². The fraction of sp³-hybridized carbons (Fsp3) is 0.192. The van der Waals surface area contributed by atoms with Crippen molar-refractivity contribution in [2.24, 2.45) is 0 Å². The number of anilines is 1. The van der Waals surface area contributed by atoms with Crippen molar-refractivity contribution in [3.63, 3.8) is 0 Å². The maximum Gasteiger partial charge on any atom is 0.183 e. The number of aryl methyl sites for hydroxylation is 1. The smallest absolute Gasteiger partial charge is 0.183 e. The maximum absolute atomic E-state index is 6.07. The minimum Gasteiger partial charge on any atom is -0.486 e. The number of hydrogen-bond donors (Lipinski definition) is 2. The molecular formula is C26H24N6O2S. The first-order valence-electron chi connectivity index (χ1n) is 11.4. The van der Waals surface area contributed by atoms with Gasteiger partial charge in [0.1, 0.15) is 12.3 Å². The lowest BCUT2D eigenvalue weighted by Crippen LogP contribution is -2.33. The fourth-order valence-electron chi connectivity index (χ4n) is 4.13. The van der Waals surface area contributed by atoms with Crippen molar-refractivity contribution in [1.29, 1.82) is 0 Å². The second-order valence-corrected chi connectivity index (χ2v) is 9.34. The number of rotatable bonds is 7. The number of aromatic amines is 1. The van der Waals surface area contributed by atoms with E-state index in [9.17, 15) is 0 Å². The lowest BCUT2D eigenvalue weighted by Gasteiger charge is -2.26. The molecule has 0 aliphatic carbocycles. The molecule has 6 rings (SSSR count). The average Bonchev–Trinajstić information content (AvgIpc) is 3.63. The van der Waals surface area contributed by atoms with Gasteiger partial charge in [0.15, 0.2) is 22.7 Å². The van der Waals surface area contributed by atoms with Gasteiger partial charge in [-0.15, -0.1) is 0 Å². The lowest BCUT2D eigenvalue weighted by atomic mass is 10.1. The van der Waals surface area contributed by atoms with E-state index in [1.165, 1.54) is 0 Å². The Bertz CT molecular complexity index is 1440. The van der Waals surface area contributed by atoms with Crippen LogP contribution in [0.25, 0.3) is 21.8 Å². The molecule has 0 fully saturated rings. The molecule has 0 saturated heterocycles. The first kappa shape index (κ1) is 21.4. The summed E-state index contributed by atoms with van der Waals surface area (Å²) in [5.74, 6) is 1.56. The number of aromatic nitrogens is 5. The molecule has 176 valence electrons. The average molecular weight is 485 g/mol. The second-order valence-electron chi connectivity index (χ2n) is 8.34. The van der Waals surface area contributed by atoms with Gasteiger partial charge in [-0.3, -0.25) is 9.78 Å². The number of nitrogens with zero attached hydrogens (tertiary/aromatic N) is 4. The highest BCUT2D eigenvalue weighted by molar-refractivity contribution is 7.19. The Hall–Kier alpha value is -4.11. The molecule has 8 nitrogen and oxygen atoms in total. The summed E-state index contributed by atoms with van der Waals surface area (Å²) in [4.78, 5) is 5.77. The van der Waals surface area contributed by atoms with Crippen molar-refractivity contribution in [1.82, 2.24) is 25.0 Å². The predicted octanol–water partition coefficient (Wildman–Crippen LogP) is 5.16. The molecule has 2 N–H and O–H groups in total. The number of para-hydroxylation sites is 2. The standard InChI is InChI=1S/C26H24N6O2S/c1-17-25(21-11-12-32(31-21)15-20-16-33-22-9-5-6-10-23(22)34-20)35-26(29-17)27-13-19-14-28-30-24(19)18-7-3-2-4-8-18/h2-12,14,20H,13,15-16H2,1H3,(H,27,29)(H,28,30). The van der Waals surface area contributed by atoms with E-state index in [2.05, 4.69) is 27.6 Å². The zero-order valence-electron chi connectivity index (χ0n) is 19.1. The largest absolute Gasteiger partial charge is 0.486 e. The molecule has 0 amide bonds. The third kappa shape index (κ3) is 4.50.